The Balaban J connectivity index is 1.75. The molecule has 1 aliphatic carbocycles. The van der Waals surface area contributed by atoms with Gasteiger partial charge in [-0.2, -0.15) is 0 Å². The molecular formula is C24H32N4O. The third kappa shape index (κ3) is 5.17. The zero-order valence-electron chi connectivity index (χ0n) is 17.8. The molecule has 3 unspecified atom stereocenters. The van der Waals surface area contributed by atoms with Gasteiger partial charge in [0.15, 0.2) is 0 Å². The number of nitrogens with zero attached hydrogens (tertiary/aromatic N) is 1. The maximum absolute atomic E-state index is 12.9. The van der Waals surface area contributed by atoms with Crippen LogP contribution in [0.15, 0.2) is 47.5 Å². The van der Waals surface area contributed by atoms with Crippen molar-refractivity contribution in [1.29, 1.82) is 0 Å². The van der Waals surface area contributed by atoms with E-state index in [1.807, 2.05) is 62.8 Å². The second-order valence-electron chi connectivity index (χ2n) is 7.95. The molecule has 0 aliphatic heterocycles. The van der Waals surface area contributed by atoms with Gasteiger partial charge in [0.05, 0.1) is 11.4 Å². The first-order valence-electron chi connectivity index (χ1n) is 10.5. The lowest BCUT2D eigenvalue weighted by molar-refractivity contribution is -0.120. The number of aliphatic imine (C=N–C) groups is 1. The van der Waals surface area contributed by atoms with Crippen molar-refractivity contribution in [2.75, 3.05) is 30.0 Å². The number of carbonyl (C=O) groups is 1. The van der Waals surface area contributed by atoms with E-state index in [0.29, 0.717) is 11.8 Å². The van der Waals surface area contributed by atoms with E-state index in [1.54, 1.807) is 0 Å². The third-order valence-electron chi connectivity index (χ3n) is 5.88. The maximum Gasteiger partial charge on any atom is 0.227 e. The van der Waals surface area contributed by atoms with Gasteiger partial charge in [-0.05, 0) is 60.6 Å². The highest BCUT2D eigenvalue weighted by atomic mass is 16.1. The Hall–Kier alpha value is -2.82. The molecule has 1 amide bonds. The second kappa shape index (κ2) is 9.59. The summed E-state index contributed by atoms with van der Waals surface area (Å²) in [5, 5.41) is 9.41. The average molecular weight is 393 g/mol. The van der Waals surface area contributed by atoms with Crippen molar-refractivity contribution in [2.24, 2.45) is 22.7 Å². The summed E-state index contributed by atoms with van der Waals surface area (Å²) in [5.74, 6) is 1.35. The predicted octanol–water partition coefficient (Wildman–Crippen LogP) is 5.53. The highest BCUT2D eigenvalue weighted by Gasteiger charge is 2.35. The Kier molecular flexibility index (Phi) is 6.91. The Morgan fingerprint density at radius 2 is 1.79 bits per heavy atom. The molecule has 1 aliphatic rings. The lowest BCUT2D eigenvalue weighted by atomic mass is 9.93. The third-order valence-corrected chi connectivity index (χ3v) is 5.88. The molecule has 1 saturated carbocycles. The number of amides is 1. The van der Waals surface area contributed by atoms with Crippen LogP contribution in [0.25, 0.3) is 0 Å². The highest BCUT2D eigenvalue weighted by molar-refractivity contribution is 5.94. The van der Waals surface area contributed by atoms with Crippen LogP contribution < -0.4 is 16.0 Å². The van der Waals surface area contributed by atoms with Gasteiger partial charge in [-0.3, -0.25) is 9.79 Å². The van der Waals surface area contributed by atoms with Crippen LogP contribution in [0.5, 0.6) is 0 Å². The van der Waals surface area contributed by atoms with E-state index in [-0.39, 0.29) is 11.8 Å². The van der Waals surface area contributed by atoms with Gasteiger partial charge in [-0.25, -0.2) is 0 Å². The van der Waals surface area contributed by atoms with Crippen LogP contribution in [0.3, 0.4) is 0 Å². The lowest BCUT2D eigenvalue weighted by Gasteiger charge is -2.18. The SMILES string of the molecule is CCC1CC(C)CC1C(=O)Nc1ccc(NC)c(N=Cc2ccc(NC)cc2)c1. The van der Waals surface area contributed by atoms with Crippen LogP contribution in [0.2, 0.25) is 0 Å². The Labute approximate surface area is 174 Å². The molecule has 1 fully saturated rings. The molecule has 0 saturated heterocycles. The summed E-state index contributed by atoms with van der Waals surface area (Å²) in [6.45, 7) is 4.42. The zero-order valence-corrected chi connectivity index (χ0v) is 17.8. The highest BCUT2D eigenvalue weighted by Crippen LogP contribution is 2.39. The topological polar surface area (TPSA) is 65.5 Å². The summed E-state index contributed by atoms with van der Waals surface area (Å²) in [5.41, 5.74) is 4.60. The first-order valence-corrected chi connectivity index (χ1v) is 10.5. The largest absolute Gasteiger partial charge is 0.388 e. The molecule has 0 bridgehead atoms. The van der Waals surface area contributed by atoms with Crippen LogP contribution in [0.1, 0.15) is 38.7 Å². The van der Waals surface area contributed by atoms with Gasteiger partial charge in [0.25, 0.3) is 0 Å². The minimum Gasteiger partial charge on any atom is -0.388 e. The molecular weight excluding hydrogens is 360 g/mol. The summed E-state index contributed by atoms with van der Waals surface area (Å²) >= 11 is 0. The summed E-state index contributed by atoms with van der Waals surface area (Å²) < 4.78 is 0. The van der Waals surface area contributed by atoms with E-state index in [2.05, 4.69) is 34.8 Å². The van der Waals surface area contributed by atoms with Gasteiger partial charge in [0.1, 0.15) is 0 Å². The van der Waals surface area contributed by atoms with Crippen molar-refractivity contribution < 1.29 is 4.79 Å². The fourth-order valence-corrected chi connectivity index (χ4v) is 4.22. The number of carbonyl (C=O) groups excluding carboxylic acids is 1. The van der Waals surface area contributed by atoms with E-state index in [9.17, 15) is 4.79 Å². The minimum atomic E-state index is 0.108. The summed E-state index contributed by atoms with van der Waals surface area (Å²) in [7, 11) is 3.77. The van der Waals surface area contributed by atoms with Gasteiger partial charge in [0, 0.05) is 37.6 Å². The molecule has 0 heterocycles. The lowest BCUT2D eigenvalue weighted by Crippen LogP contribution is -2.25. The van der Waals surface area contributed by atoms with Crippen LogP contribution in [0, 0.1) is 17.8 Å². The van der Waals surface area contributed by atoms with Crippen molar-refractivity contribution in [3.05, 3.63) is 48.0 Å². The van der Waals surface area contributed by atoms with Gasteiger partial charge in [-0.1, -0.05) is 32.4 Å². The van der Waals surface area contributed by atoms with Crippen LogP contribution in [-0.2, 0) is 4.79 Å². The van der Waals surface area contributed by atoms with Crippen LogP contribution in [-0.4, -0.2) is 26.2 Å². The van der Waals surface area contributed by atoms with Crippen molar-refractivity contribution in [3.8, 4) is 0 Å². The molecule has 3 rings (SSSR count). The van der Waals surface area contributed by atoms with E-state index in [0.717, 1.165) is 47.6 Å². The molecule has 29 heavy (non-hydrogen) atoms. The Bertz CT molecular complexity index is 860. The summed E-state index contributed by atoms with van der Waals surface area (Å²) in [6.07, 6.45) is 5.03. The fraction of sp³-hybridized carbons (Fsp3) is 0.417. The standard InChI is InChI=1S/C24H32N4O/c1-5-18-12-16(2)13-21(18)24(29)28-20-10-11-22(26-4)23(14-20)27-15-17-6-8-19(25-3)9-7-17/h6-11,14-16,18,21,25-26H,5,12-13H2,1-4H3,(H,28,29). The first kappa shape index (κ1) is 20.9. The number of anilines is 3. The smallest absolute Gasteiger partial charge is 0.227 e. The molecule has 0 spiro atoms. The van der Waals surface area contributed by atoms with Gasteiger partial charge >= 0.3 is 0 Å². The number of rotatable bonds is 7. The monoisotopic (exact) mass is 392 g/mol. The zero-order chi connectivity index (χ0) is 20.8. The van der Waals surface area contributed by atoms with Crippen molar-refractivity contribution >= 4 is 34.9 Å². The number of nitrogens with one attached hydrogen (secondary N) is 3. The number of benzene rings is 2. The van der Waals surface area contributed by atoms with Crippen LogP contribution in [0.4, 0.5) is 22.7 Å². The second-order valence-corrected chi connectivity index (χ2v) is 7.95. The van der Waals surface area contributed by atoms with Crippen molar-refractivity contribution in [3.63, 3.8) is 0 Å². The molecule has 2 aromatic carbocycles. The van der Waals surface area contributed by atoms with Crippen molar-refractivity contribution in [1.82, 2.24) is 0 Å². The number of hydrogen-bond donors (Lipinski definition) is 3. The average Bonchev–Trinajstić information content (AvgIpc) is 3.13. The summed E-state index contributed by atoms with van der Waals surface area (Å²) in [6, 6.07) is 13.9. The molecule has 5 nitrogen and oxygen atoms in total. The van der Waals surface area contributed by atoms with Gasteiger partial charge in [0.2, 0.25) is 5.91 Å². The van der Waals surface area contributed by atoms with Gasteiger partial charge < -0.3 is 16.0 Å². The van der Waals surface area contributed by atoms with E-state index in [1.165, 1.54) is 0 Å². The maximum atomic E-state index is 12.9. The Morgan fingerprint density at radius 3 is 2.45 bits per heavy atom. The van der Waals surface area contributed by atoms with Crippen molar-refractivity contribution in [2.45, 2.75) is 33.1 Å². The minimum absolute atomic E-state index is 0.108. The first-order chi connectivity index (χ1) is 14.0. The quantitative estimate of drug-likeness (QED) is 0.543. The van der Waals surface area contributed by atoms with Crippen LogP contribution >= 0.6 is 0 Å². The molecule has 0 aromatic heterocycles. The van der Waals surface area contributed by atoms with E-state index >= 15 is 0 Å². The van der Waals surface area contributed by atoms with Gasteiger partial charge in [-0.15, -0.1) is 0 Å². The number of hydrogen-bond acceptors (Lipinski definition) is 4. The predicted molar refractivity (Wildman–Crippen MR) is 124 cm³/mol. The van der Waals surface area contributed by atoms with E-state index < -0.39 is 0 Å². The normalized spacial score (nSPS) is 21.3. The molecule has 3 N–H and O–H groups in total. The molecule has 0 radical (unpaired) electrons. The molecule has 2 aromatic rings. The fourth-order valence-electron chi connectivity index (χ4n) is 4.22. The molecule has 3 atom stereocenters. The molecule has 5 heteroatoms. The molecule has 154 valence electrons. The summed E-state index contributed by atoms with van der Waals surface area (Å²) in [4.78, 5) is 17.5. The Morgan fingerprint density at radius 1 is 1.07 bits per heavy atom. The van der Waals surface area contributed by atoms with E-state index in [4.69, 9.17) is 0 Å².